The summed E-state index contributed by atoms with van der Waals surface area (Å²) >= 11 is 0. The zero-order valence-electron chi connectivity index (χ0n) is 27.2. The van der Waals surface area contributed by atoms with Crippen molar-refractivity contribution in [3.63, 3.8) is 0 Å². The predicted octanol–water partition coefficient (Wildman–Crippen LogP) is 10.00. The van der Waals surface area contributed by atoms with Crippen LogP contribution in [0.1, 0.15) is 50.5 Å². The third-order valence-corrected chi connectivity index (χ3v) is 8.53. The molecule has 0 saturated heterocycles. The van der Waals surface area contributed by atoms with Crippen molar-refractivity contribution in [3.8, 4) is 50.9 Å². The van der Waals surface area contributed by atoms with Crippen LogP contribution in [0.25, 0.3) is 33.4 Å². The molecule has 5 rings (SSSR count). The maximum Gasteiger partial charge on any atom is 0.311 e. The summed E-state index contributed by atoms with van der Waals surface area (Å²) < 4.78 is 82.6. The van der Waals surface area contributed by atoms with E-state index in [9.17, 15) is 22.8 Å². The highest BCUT2D eigenvalue weighted by Crippen LogP contribution is 2.33. The molecule has 0 spiro atoms. The van der Waals surface area contributed by atoms with Gasteiger partial charge in [-0.1, -0.05) is 43.5 Å². The van der Waals surface area contributed by atoms with Crippen molar-refractivity contribution in [2.45, 2.75) is 44.9 Å². The smallest absolute Gasteiger partial charge is 0.311 e. The Morgan fingerprint density at radius 1 is 0.569 bits per heavy atom. The minimum atomic E-state index is -0.906. The number of benzene rings is 5. The van der Waals surface area contributed by atoms with E-state index in [2.05, 4.69) is 9.24 Å². The van der Waals surface area contributed by atoms with E-state index in [1.54, 1.807) is 18.2 Å². The molecule has 11 heteroatoms. The first-order valence-electron chi connectivity index (χ1n) is 16.1. The van der Waals surface area contributed by atoms with Crippen molar-refractivity contribution in [1.29, 1.82) is 5.26 Å². The molecule has 0 radical (unpaired) electrons. The van der Waals surface area contributed by atoms with E-state index in [-0.39, 0.29) is 51.9 Å². The van der Waals surface area contributed by atoms with Gasteiger partial charge in [-0.05, 0) is 101 Å². The van der Waals surface area contributed by atoms with Crippen LogP contribution in [0.2, 0.25) is 0 Å². The average Bonchev–Trinajstić information content (AvgIpc) is 3.08. The number of hydrogen-bond acceptors (Lipinski definition) is 5. The van der Waals surface area contributed by atoms with Crippen LogP contribution in [0.15, 0.2) is 91.0 Å². The summed E-state index contributed by atoms with van der Waals surface area (Å²) in [7, 11) is 2.18. The van der Waals surface area contributed by atoms with Crippen LogP contribution in [0.5, 0.6) is 11.5 Å². The van der Waals surface area contributed by atoms with Crippen LogP contribution in [-0.2, 0) is 9.59 Å². The van der Waals surface area contributed by atoms with E-state index in [1.807, 2.05) is 0 Å². The van der Waals surface area contributed by atoms with Gasteiger partial charge >= 0.3 is 11.9 Å². The number of ether oxygens (including phenoxy) is 2. The molecule has 0 aliphatic carbocycles. The number of unbranched alkanes of at least 4 members (excludes halogenated alkanes) is 4. The number of nitriles is 1. The quantitative estimate of drug-likeness (QED) is 0.0399. The summed E-state index contributed by atoms with van der Waals surface area (Å²) in [5.74, 6) is -4.27. The third kappa shape index (κ3) is 9.65. The number of nitrogens with zero attached hydrogens (tertiary/aromatic N) is 1. The van der Waals surface area contributed by atoms with Crippen LogP contribution < -0.4 is 14.8 Å². The fourth-order valence-electron chi connectivity index (χ4n) is 5.48. The van der Waals surface area contributed by atoms with Gasteiger partial charge in [0.1, 0.15) is 46.7 Å². The Morgan fingerprint density at radius 3 is 1.67 bits per heavy atom. The molecular weight excluding hydrogens is 684 g/mol. The second-order valence-electron chi connectivity index (χ2n) is 11.7. The monoisotopic (exact) mass is 715 g/mol. The average molecular weight is 716 g/mol. The molecule has 0 saturated carbocycles. The van der Waals surface area contributed by atoms with E-state index < -0.39 is 46.6 Å². The summed E-state index contributed by atoms with van der Waals surface area (Å²) in [6.45, 7) is 0. The van der Waals surface area contributed by atoms with Gasteiger partial charge in [-0.25, -0.2) is 22.0 Å². The van der Waals surface area contributed by atoms with Crippen LogP contribution in [0.4, 0.5) is 22.0 Å². The molecule has 1 atom stereocenters. The molecule has 260 valence electrons. The Balaban J connectivity index is 1.01. The van der Waals surface area contributed by atoms with E-state index in [0.29, 0.717) is 24.0 Å². The highest BCUT2D eigenvalue weighted by atomic mass is 31.0. The zero-order valence-corrected chi connectivity index (χ0v) is 28.3. The first kappa shape index (κ1) is 36.9. The van der Waals surface area contributed by atoms with Crippen molar-refractivity contribution in [3.05, 3.63) is 126 Å². The minimum Gasteiger partial charge on any atom is -0.427 e. The maximum atomic E-state index is 15.0. The standard InChI is InChI=1S/C40H31F5NO4P/c41-28-12-8-25(9-13-28)31-17-16-30(22-34(31)43)50-39(48)7-5-3-1-2-4-6-38(47)49-29-14-10-24(11-15-29)26-18-35(44)40(36(45)19-26)27-20-33(42)32(23-46)37(51)21-27/h8-22H,1-7,51H2. The lowest BCUT2D eigenvalue weighted by atomic mass is 9.98. The SMILES string of the molecule is N#Cc1c(F)cc(-c2c(F)cc(-c3ccc(OC(=O)CCCCCCCC(=O)Oc4ccc(-c5ccc(F)cc5)c(F)c4)cc3)cc2F)cc1P. The minimum absolute atomic E-state index is 0.0388. The molecule has 51 heavy (non-hydrogen) atoms. The first-order chi connectivity index (χ1) is 24.5. The molecule has 0 heterocycles. The Hall–Kier alpha value is -5.39. The molecular formula is C40H31F5NO4P. The molecule has 0 bridgehead atoms. The van der Waals surface area contributed by atoms with Gasteiger partial charge in [0, 0.05) is 24.5 Å². The van der Waals surface area contributed by atoms with Gasteiger partial charge < -0.3 is 9.47 Å². The van der Waals surface area contributed by atoms with Crippen LogP contribution in [0.3, 0.4) is 0 Å². The number of halogens is 5. The number of hydrogen-bond donors (Lipinski definition) is 0. The molecule has 5 nitrogen and oxygen atoms in total. The Kier molecular flexibility index (Phi) is 12.3. The van der Waals surface area contributed by atoms with Gasteiger partial charge in [0.05, 0.1) is 11.1 Å². The number of rotatable bonds is 13. The van der Waals surface area contributed by atoms with Gasteiger partial charge in [-0.3, -0.25) is 9.59 Å². The summed E-state index contributed by atoms with van der Waals surface area (Å²) in [6, 6.07) is 21.8. The summed E-state index contributed by atoms with van der Waals surface area (Å²) in [6.07, 6.45) is 3.71. The number of carbonyl (C=O) groups excluding carboxylic acids is 2. The van der Waals surface area contributed by atoms with Gasteiger partial charge in [0.2, 0.25) is 0 Å². The zero-order chi connectivity index (χ0) is 36.5. The van der Waals surface area contributed by atoms with E-state index >= 15 is 8.78 Å². The Bertz CT molecular complexity index is 2050. The maximum absolute atomic E-state index is 15.0. The second kappa shape index (κ2) is 17.0. The largest absolute Gasteiger partial charge is 0.427 e. The predicted molar refractivity (Wildman–Crippen MR) is 187 cm³/mol. The first-order valence-corrected chi connectivity index (χ1v) is 16.7. The molecule has 0 aliphatic rings. The van der Waals surface area contributed by atoms with Crippen molar-refractivity contribution in [2.75, 3.05) is 0 Å². The molecule has 0 fully saturated rings. The molecule has 5 aromatic rings. The van der Waals surface area contributed by atoms with Crippen LogP contribution in [0, 0.1) is 40.4 Å². The van der Waals surface area contributed by atoms with Crippen molar-refractivity contribution in [2.24, 2.45) is 0 Å². The molecule has 0 N–H and O–H groups in total. The fourth-order valence-corrected chi connectivity index (χ4v) is 5.86. The molecule has 5 aromatic carbocycles. The van der Waals surface area contributed by atoms with Crippen molar-refractivity contribution in [1.82, 2.24) is 0 Å². The molecule has 0 aliphatic heterocycles. The van der Waals surface area contributed by atoms with Gasteiger partial charge in [-0.2, -0.15) is 5.26 Å². The highest BCUT2D eigenvalue weighted by Gasteiger charge is 2.18. The Labute approximate surface area is 293 Å². The van der Waals surface area contributed by atoms with Crippen molar-refractivity contribution < 1.29 is 41.0 Å². The summed E-state index contributed by atoms with van der Waals surface area (Å²) in [5, 5.41) is 9.23. The lowest BCUT2D eigenvalue weighted by molar-refractivity contribution is -0.135. The van der Waals surface area contributed by atoms with Crippen LogP contribution >= 0.6 is 9.24 Å². The van der Waals surface area contributed by atoms with Gasteiger partial charge in [0.25, 0.3) is 0 Å². The Morgan fingerprint density at radius 2 is 1.10 bits per heavy atom. The number of esters is 2. The van der Waals surface area contributed by atoms with Gasteiger partial charge in [-0.15, -0.1) is 9.24 Å². The summed E-state index contributed by atoms with van der Waals surface area (Å²) in [5.41, 5.74) is 0.786. The third-order valence-electron chi connectivity index (χ3n) is 8.07. The van der Waals surface area contributed by atoms with Gasteiger partial charge in [0.15, 0.2) is 0 Å². The lowest BCUT2D eigenvalue weighted by Crippen LogP contribution is -2.08. The second-order valence-corrected chi connectivity index (χ2v) is 12.4. The number of carbonyl (C=O) groups is 2. The topological polar surface area (TPSA) is 76.4 Å². The fraction of sp³-hybridized carbons (Fsp3) is 0.175. The summed E-state index contributed by atoms with van der Waals surface area (Å²) in [4.78, 5) is 24.5. The highest BCUT2D eigenvalue weighted by molar-refractivity contribution is 7.27. The van der Waals surface area contributed by atoms with Crippen LogP contribution in [-0.4, -0.2) is 11.9 Å². The van der Waals surface area contributed by atoms with Crippen molar-refractivity contribution >= 4 is 26.5 Å². The molecule has 1 unspecified atom stereocenters. The lowest BCUT2D eigenvalue weighted by Gasteiger charge is -2.11. The van der Waals surface area contributed by atoms with E-state index in [4.69, 9.17) is 14.7 Å². The van der Waals surface area contributed by atoms with E-state index in [0.717, 1.165) is 43.5 Å². The normalized spacial score (nSPS) is 10.8. The molecule has 0 aromatic heterocycles. The van der Waals surface area contributed by atoms with E-state index in [1.165, 1.54) is 54.6 Å². The molecule has 0 amide bonds.